The molecule has 0 bridgehead atoms. The van der Waals surface area contributed by atoms with Crippen LogP contribution in [-0.4, -0.2) is 26.3 Å². The summed E-state index contributed by atoms with van der Waals surface area (Å²) >= 11 is 0. The van der Waals surface area contributed by atoms with Crippen LogP contribution in [0.4, 0.5) is 0 Å². The molecule has 0 saturated carbocycles. The van der Waals surface area contributed by atoms with Crippen molar-refractivity contribution in [1.82, 2.24) is 5.32 Å². The van der Waals surface area contributed by atoms with Crippen molar-refractivity contribution in [3.05, 3.63) is 24.2 Å². The van der Waals surface area contributed by atoms with Gasteiger partial charge in [-0.05, 0) is 12.1 Å². The zero-order valence-electron chi connectivity index (χ0n) is 7.82. The summed E-state index contributed by atoms with van der Waals surface area (Å²) in [6.45, 7) is 2.02. The maximum Gasteiger partial charge on any atom is 0.117 e. The molecule has 0 aliphatic heterocycles. The van der Waals surface area contributed by atoms with Crippen molar-refractivity contribution in [3.8, 4) is 0 Å². The van der Waals surface area contributed by atoms with Gasteiger partial charge in [0.15, 0.2) is 0 Å². The van der Waals surface area contributed by atoms with E-state index in [-0.39, 0.29) is 6.04 Å². The second-order valence-electron chi connectivity index (χ2n) is 2.93. The van der Waals surface area contributed by atoms with E-state index in [0.717, 1.165) is 12.3 Å². The van der Waals surface area contributed by atoms with Crippen molar-refractivity contribution < 1.29 is 9.15 Å². The van der Waals surface area contributed by atoms with Crippen molar-refractivity contribution in [2.45, 2.75) is 12.6 Å². The van der Waals surface area contributed by atoms with Crippen molar-refractivity contribution >= 4 is 0 Å². The highest BCUT2D eigenvalue weighted by Gasteiger charge is 2.01. The number of nitrogens with two attached hydrogens (primary N) is 1. The number of hydrogen-bond acceptors (Lipinski definition) is 4. The molecule has 1 aromatic rings. The lowest BCUT2D eigenvalue weighted by atomic mass is 10.3. The van der Waals surface area contributed by atoms with Gasteiger partial charge < -0.3 is 20.2 Å². The third-order valence-electron chi connectivity index (χ3n) is 1.67. The van der Waals surface area contributed by atoms with Crippen LogP contribution in [0.3, 0.4) is 0 Å². The fraction of sp³-hybridized carbons (Fsp3) is 0.556. The molecule has 13 heavy (non-hydrogen) atoms. The van der Waals surface area contributed by atoms with Gasteiger partial charge in [0.2, 0.25) is 0 Å². The lowest BCUT2D eigenvalue weighted by molar-refractivity contribution is 0.178. The Kier molecular flexibility index (Phi) is 4.53. The van der Waals surface area contributed by atoms with Gasteiger partial charge in [0.1, 0.15) is 5.76 Å². The summed E-state index contributed by atoms with van der Waals surface area (Å²) in [4.78, 5) is 0. The predicted octanol–water partition coefficient (Wildman–Crippen LogP) is 0.343. The van der Waals surface area contributed by atoms with Crippen molar-refractivity contribution in [2.75, 3.05) is 20.3 Å². The molecular weight excluding hydrogens is 168 g/mol. The van der Waals surface area contributed by atoms with Crippen LogP contribution in [0, 0.1) is 0 Å². The van der Waals surface area contributed by atoms with Gasteiger partial charge in [-0.2, -0.15) is 0 Å². The van der Waals surface area contributed by atoms with Crippen molar-refractivity contribution in [3.63, 3.8) is 0 Å². The van der Waals surface area contributed by atoms with Crippen LogP contribution >= 0.6 is 0 Å². The zero-order chi connectivity index (χ0) is 9.52. The van der Waals surface area contributed by atoms with E-state index < -0.39 is 0 Å². The molecule has 0 aliphatic rings. The minimum atomic E-state index is 0.0416. The van der Waals surface area contributed by atoms with E-state index in [1.54, 1.807) is 13.4 Å². The summed E-state index contributed by atoms with van der Waals surface area (Å²) in [5, 5.41) is 3.17. The summed E-state index contributed by atoms with van der Waals surface area (Å²) in [6.07, 6.45) is 1.66. The Labute approximate surface area is 78.1 Å². The van der Waals surface area contributed by atoms with Gasteiger partial charge in [0, 0.05) is 19.7 Å². The topological polar surface area (TPSA) is 60.4 Å². The van der Waals surface area contributed by atoms with Crippen molar-refractivity contribution in [2.24, 2.45) is 5.73 Å². The Bertz CT molecular complexity index is 211. The van der Waals surface area contributed by atoms with Gasteiger partial charge >= 0.3 is 0 Å². The standard InChI is InChI=1S/C9H16N2O2/c1-12-7-8(10)5-11-6-9-3-2-4-13-9/h2-4,8,11H,5-7,10H2,1H3. The Morgan fingerprint density at radius 2 is 2.54 bits per heavy atom. The van der Waals surface area contributed by atoms with E-state index in [9.17, 15) is 0 Å². The molecule has 1 rings (SSSR count). The maximum absolute atomic E-state index is 5.71. The van der Waals surface area contributed by atoms with Gasteiger partial charge in [-0.3, -0.25) is 0 Å². The van der Waals surface area contributed by atoms with Gasteiger partial charge in [0.25, 0.3) is 0 Å². The Balaban J connectivity index is 2.07. The summed E-state index contributed by atoms with van der Waals surface area (Å²) in [7, 11) is 1.65. The SMILES string of the molecule is COCC(N)CNCc1ccco1. The number of hydrogen-bond donors (Lipinski definition) is 2. The molecule has 0 amide bonds. The molecule has 0 aliphatic carbocycles. The second kappa shape index (κ2) is 5.75. The van der Waals surface area contributed by atoms with Crippen LogP contribution in [-0.2, 0) is 11.3 Å². The molecule has 0 aromatic carbocycles. The predicted molar refractivity (Wildman–Crippen MR) is 50.3 cm³/mol. The van der Waals surface area contributed by atoms with Crippen LogP contribution in [0.15, 0.2) is 22.8 Å². The van der Waals surface area contributed by atoms with Crippen LogP contribution in [0.5, 0.6) is 0 Å². The molecular formula is C9H16N2O2. The maximum atomic E-state index is 5.71. The van der Waals surface area contributed by atoms with Gasteiger partial charge in [-0.1, -0.05) is 0 Å². The smallest absolute Gasteiger partial charge is 0.117 e. The first kappa shape index (κ1) is 10.2. The van der Waals surface area contributed by atoms with Gasteiger partial charge in [0.05, 0.1) is 19.4 Å². The summed E-state index contributed by atoms with van der Waals surface area (Å²) < 4.78 is 10.0. The number of nitrogens with one attached hydrogen (secondary N) is 1. The quantitative estimate of drug-likeness (QED) is 0.669. The summed E-state index contributed by atoms with van der Waals surface area (Å²) in [6, 6.07) is 3.83. The molecule has 1 heterocycles. The molecule has 0 saturated heterocycles. The average molecular weight is 184 g/mol. The van der Waals surface area contributed by atoms with Crippen LogP contribution in [0.1, 0.15) is 5.76 Å². The molecule has 1 unspecified atom stereocenters. The first-order valence-corrected chi connectivity index (χ1v) is 4.30. The Morgan fingerprint density at radius 3 is 3.15 bits per heavy atom. The van der Waals surface area contributed by atoms with E-state index in [1.165, 1.54) is 0 Å². The highest BCUT2D eigenvalue weighted by Crippen LogP contribution is 1.97. The second-order valence-corrected chi connectivity index (χ2v) is 2.93. The molecule has 0 fully saturated rings. The number of furan rings is 1. The lowest BCUT2D eigenvalue weighted by Crippen LogP contribution is -2.36. The highest BCUT2D eigenvalue weighted by atomic mass is 16.5. The lowest BCUT2D eigenvalue weighted by Gasteiger charge is -2.10. The highest BCUT2D eigenvalue weighted by molar-refractivity contribution is 4.97. The van der Waals surface area contributed by atoms with E-state index in [2.05, 4.69) is 5.32 Å². The monoisotopic (exact) mass is 184 g/mol. The van der Waals surface area contributed by atoms with Crippen LogP contribution < -0.4 is 11.1 Å². The fourth-order valence-corrected chi connectivity index (χ4v) is 1.07. The first-order valence-electron chi connectivity index (χ1n) is 4.30. The molecule has 3 N–H and O–H groups in total. The van der Waals surface area contributed by atoms with Crippen LogP contribution in [0.2, 0.25) is 0 Å². The minimum Gasteiger partial charge on any atom is -0.468 e. The molecule has 4 nitrogen and oxygen atoms in total. The van der Waals surface area contributed by atoms with Gasteiger partial charge in [-0.25, -0.2) is 0 Å². The van der Waals surface area contributed by atoms with E-state index >= 15 is 0 Å². The van der Waals surface area contributed by atoms with E-state index in [0.29, 0.717) is 13.2 Å². The van der Waals surface area contributed by atoms with Crippen LogP contribution in [0.25, 0.3) is 0 Å². The fourth-order valence-electron chi connectivity index (χ4n) is 1.07. The van der Waals surface area contributed by atoms with Gasteiger partial charge in [-0.15, -0.1) is 0 Å². The van der Waals surface area contributed by atoms with Crippen molar-refractivity contribution in [1.29, 1.82) is 0 Å². The minimum absolute atomic E-state index is 0.0416. The number of methoxy groups -OCH3 is 1. The first-order chi connectivity index (χ1) is 6.33. The molecule has 0 spiro atoms. The molecule has 1 atom stereocenters. The molecule has 0 radical (unpaired) electrons. The average Bonchev–Trinajstić information content (AvgIpc) is 2.57. The third-order valence-corrected chi connectivity index (χ3v) is 1.67. The summed E-state index contributed by atoms with van der Waals surface area (Å²) in [5.41, 5.74) is 5.71. The van der Waals surface area contributed by atoms with E-state index in [4.69, 9.17) is 14.9 Å². The molecule has 1 aromatic heterocycles. The normalized spacial score (nSPS) is 13.1. The summed E-state index contributed by atoms with van der Waals surface area (Å²) in [5.74, 6) is 0.921. The zero-order valence-corrected chi connectivity index (χ0v) is 7.82. The molecule has 4 heteroatoms. The largest absolute Gasteiger partial charge is 0.468 e. The number of rotatable bonds is 6. The van der Waals surface area contributed by atoms with E-state index in [1.807, 2.05) is 12.1 Å². The number of ether oxygens (including phenoxy) is 1. The Morgan fingerprint density at radius 1 is 1.69 bits per heavy atom. The molecule has 74 valence electrons. The third kappa shape index (κ3) is 4.07. The Hall–Kier alpha value is -0.840.